The van der Waals surface area contributed by atoms with Crippen molar-refractivity contribution in [3.05, 3.63) is 35.9 Å². The predicted octanol–water partition coefficient (Wildman–Crippen LogP) is 0.327. The minimum absolute atomic E-state index is 0. The Labute approximate surface area is 187 Å². The van der Waals surface area contributed by atoms with Gasteiger partial charge in [-0.05, 0) is 23.6 Å². The van der Waals surface area contributed by atoms with Gasteiger partial charge in [-0.15, -0.1) is 0 Å². The fourth-order valence-corrected chi connectivity index (χ4v) is 5.28. The molecular weight excluding hydrogens is 450 g/mol. The smallest absolute Gasteiger partial charge is 0.308 e. The molecule has 0 aliphatic carbocycles. The Hall–Kier alpha value is -1.96. The molecule has 7 heteroatoms. The van der Waals surface area contributed by atoms with Crippen molar-refractivity contribution >= 4 is 22.7 Å². The lowest BCUT2D eigenvalue weighted by atomic mass is 9.95. The molecule has 1 N–H and O–H groups in total. The lowest BCUT2D eigenvalue weighted by Crippen LogP contribution is -3.00. The lowest BCUT2D eigenvalue weighted by molar-refractivity contribution is -0.961. The fraction of sp³-hybridized carbons (Fsp3) is 0.478. The molecule has 0 aromatic heterocycles. The second-order valence-corrected chi connectivity index (χ2v) is 8.64. The third-order valence-electron chi connectivity index (χ3n) is 6.63. The summed E-state index contributed by atoms with van der Waals surface area (Å²) in [5.41, 5.74) is 0.962. The number of rotatable bonds is 4. The Morgan fingerprint density at radius 1 is 1.03 bits per heavy atom. The van der Waals surface area contributed by atoms with Crippen LogP contribution in [0.5, 0.6) is 11.5 Å². The number of fused-ring (bicyclic) bond motifs is 3. The van der Waals surface area contributed by atoms with Gasteiger partial charge in [-0.2, -0.15) is 0 Å². The van der Waals surface area contributed by atoms with E-state index >= 15 is 0 Å². The number of hydrogen-bond donors (Lipinski definition) is 1. The average molecular weight is 478 g/mol. The Morgan fingerprint density at radius 2 is 1.63 bits per heavy atom. The molecule has 2 unspecified atom stereocenters. The minimum Gasteiger partial charge on any atom is -1.00 e. The van der Waals surface area contributed by atoms with Gasteiger partial charge in [0.15, 0.2) is 0 Å². The van der Waals surface area contributed by atoms with E-state index in [1.165, 1.54) is 13.8 Å². The number of carbonyl (C=O) groups excluding carboxylic acids is 2. The molecule has 4 rings (SSSR count). The molecule has 2 aliphatic heterocycles. The minimum atomic E-state index is -0.392. The number of carbonyl (C=O) groups is 2. The third-order valence-corrected chi connectivity index (χ3v) is 6.63. The number of halogens is 1. The molecule has 0 saturated carbocycles. The summed E-state index contributed by atoms with van der Waals surface area (Å²) >= 11 is 0. The Morgan fingerprint density at radius 3 is 2.23 bits per heavy atom. The third kappa shape index (κ3) is 4.24. The molecule has 0 radical (unpaired) electrons. The van der Waals surface area contributed by atoms with E-state index in [2.05, 4.69) is 7.05 Å². The van der Waals surface area contributed by atoms with Crippen LogP contribution in [0.1, 0.15) is 45.1 Å². The molecule has 2 aromatic carbocycles. The van der Waals surface area contributed by atoms with Gasteiger partial charge < -0.3 is 36.0 Å². The molecule has 2 heterocycles. The zero-order valence-corrected chi connectivity index (χ0v) is 19.1. The second-order valence-electron chi connectivity index (χ2n) is 8.64. The van der Waals surface area contributed by atoms with E-state index in [1.54, 1.807) is 12.1 Å². The molecule has 2 fully saturated rings. The van der Waals surface area contributed by atoms with Crippen LogP contribution in [-0.2, 0) is 16.1 Å². The van der Waals surface area contributed by atoms with E-state index in [-0.39, 0.29) is 29.1 Å². The maximum Gasteiger partial charge on any atom is 0.308 e. The molecule has 2 saturated heterocycles. The van der Waals surface area contributed by atoms with Crippen molar-refractivity contribution in [2.24, 2.45) is 0 Å². The summed E-state index contributed by atoms with van der Waals surface area (Å²) in [6.07, 6.45) is 3.66. The van der Waals surface area contributed by atoms with Crippen LogP contribution >= 0.6 is 0 Å². The summed E-state index contributed by atoms with van der Waals surface area (Å²) in [6, 6.07) is 10.2. The van der Waals surface area contributed by atoms with E-state index in [0.29, 0.717) is 23.6 Å². The van der Waals surface area contributed by atoms with Crippen molar-refractivity contribution in [1.29, 1.82) is 0 Å². The van der Waals surface area contributed by atoms with Gasteiger partial charge in [0.05, 0.1) is 25.2 Å². The first-order chi connectivity index (χ1) is 13.8. The SMILES string of the molecule is CC(=O)Oc1cc2c(OC(C)=O)cccc2cc1C[N+]1(C)C2CCC1CC(O)C2.[Br-]. The maximum atomic E-state index is 11.8. The van der Waals surface area contributed by atoms with Crippen LogP contribution in [0, 0.1) is 0 Å². The topological polar surface area (TPSA) is 72.8 Å². The number of esters is 2. The van der Waals surface area contributed by atoms with Gasteiger partial charge in [0.1, 0.15) is 18.0 Å². The first-order valence-electron chi connectivity index (χ1n) is 10.2. The van der Waals surface area contributed by atoms with Crippen LogP contribution in [0.25, 0.3) is 10.8 Å². The van der Waals surface area contributed by atoms with E-state index in [0.717, 1.165) is 53.0 Å². The van der Waals surface area contributed by atoms with E-state index < -0.39 is 5.97 Å². The summed E-state index contributed by atoms with van der Waals surface area (Å²) in [7, 11) is 2.26. The molecule has 6 nitrogen and oxygen atoms in total. The van der Waals surface area contributed by atoms with Gasteiger partial charge in [-0.25, -0.2) is 0 Å². The highest BCUT2D eigenvalue weighted by molar-refractivity contribution is 5.92. The Balaban J connectivity index is 0.00000256. The van der Waals surface area contributed by atoms with Crippen LogP contribution < -0.4 is 26.5 Å². The first-order valence-corrected chi connectivity index (χ1v) is 10.2. The van der Waals surface area contributed by atoms with E-state index in [1.807, 2.05) is 18.2 Å². The fourth-order valence-electron chi connectivity index (χ4n) is 5.28. The number of hydrogen-bond acceptors (Lipinski definition) is 5. The second kappa shape index (κ2) is 8.65. The van der Waals surface area contributed by atoms with Crippen LogP contribution in [0.3, 0.4) is 0 Å². The number of benzene rings is 2. The predicted molar refractivity (Wildman–Crippen MR) is 109 cm³/mol. The van der Waals surface area contributed by atoms with Crippen molar-refractivity contribution in [3.63, 3.8) is 0 Å². The molecular formula is C23H28BrNO5. The maximum absolute atomic E-state index is 11.8. The molecule has 0 spiro atoms. The standard InChI is InChI=1S/C23H28NO5.BrH/c1-14(25)28-22-6-4-5-16-9-17(23(12-21(16)22)29-15(2)26)13-24(3)18-7-8-19(24)11-20(27)10-18;/h4-6,9,12,18-20,27H,7-8,10-11,13H2,1-3H3;1H/q+1;/p-1. The Bertz CT molecular complexity index is 961. The number of quaternary nitrogens is 1. The summed E-state index contributed by atoms with van der Waals surface area (Å²) in [5.74, 6) is 0.193. The van der Waals surface area contributed by atoms with Gasteiger partial charge in [0, 0.05) is 50.5 Å². The normalized spacial score (nSPS) is 27.4. The quantitative estimate of drug-likeness (QED) is 0.390. The van der Waals surface area contributed by atoms with E-state index in [9.17, 15) is 14.7 Å². The van der Waals surface area contributed by atoms with Gasteiger partial charge in [0.25, 0.3) is 0 Å². The van der Waals surface area contributed by atoms with Crippen LogP contribution in [0.4, 0.5) is 0 Å². The summed E-state index contributed by atoms with van der Waals surface area (Å²) in [6.45, 7) is 3.49. The van der Waals surface area contributed by atoms with Crippen LogP contribution in [0.2, 0.25) is 0 Å². The highest BCUT2D eigenvalue weighted by atomic mass is 79.9. The Kier molecular flexibility index (Phi) is 6.55. The van der Waals surface area contributed by atoms with Gasteiger partial charge >= 0.3 is 11.9 Å². The van der Waals surface area contributed by atoms with Gasteiger partial charge in [-0.1, -0.05) is 12.1 Å². The molecule has 2 aromatic rings. The average Bonchev–Trinajstić information content (AvgIpc) is 2.79. The van der Waals surface area contributed by atoms with Crippen molar-refractivity contribution in [1.82, 2.24) is 0 Å². The summed E-state index contributed by atoms with van der Waals surface area (Å²) in [4.78, 5) is 23.2. The van der Waals surface area contributed by atoms with Gasteiger partial charge in [-0.3, -0.25) is 9.59 Å². The number of piperidine rings is 1. The zero-order valence-electron chi connectivity index (χ0n) is 17.6. The van der Waals surface area contributed by atoms with Gasteiger partial charge in [0.2, 0.25) is 0 Å². The summed E-state index contributed by atoms with van der Waals surface area (Å²) in [5, 5.41) is 11.9. The summed E-state index contributed by atoms with van der Waals surface area (Å²) < 4.78 is 11.8. The van der Waals surface area contributed by atoms with Crippen molar-refractivity contribution < 1.29 is 45.6 Å². The number of ether oxygens (including phenoxy) is 2. The molecule has 30 heavy (non-hydrogen) atoms. The molecule has 2 atom stereocenters. The number of nitrogens with zero attached hydrogens (tertiary/aromatic N) is 1. The van der Waals surface area contributed by atoms with Crippen molar-refractivity contribution in [2.45, 2.75) is 64.3 Å². The van der Waals surface area contributed by atoms with Crippen LogP contribution in [0.15, 0.2) is 30.3 Å². The highest BCUT2D eigenvalue weighted by Gasteiger charge is 2.51. The molecule has 2 aliphatic rings. The number of aliphatic hydroxyl groups excluding tert-OH is 1. The lowest BCUT2D eigenvalue weighted by Gasteiger charge is -2.46. The highest BCUT2D eigenvalue weighted by Crippen LogP contribution is 2.44. The molecule has 2 bridgehead atoms. The zero-order chi connectivity index (χ0) is 20.8. The molecule has 0 amide bonds. The monoisotopic (exact) mass is 477 g/mol. The van der Waals surface area contributed by atoms with Crippen molar-refractivity contribution in [3.8, 4) is 11.5 Å². The van der Waals surface area contributed by atoms with Crippen molar-refractivity contribution in [2.75, 3.05) is 7.05 Å². The largest absolute Gasteiger partial charge is 1.00 e. The first kappa shape index (κ1) is 22.7. The molecule has 162 valence electrons. The van der Waals surface area contributed by atoms with E-state index in [4.69, 9.17) is 9.47 Å². The van der Waals surface area contributed by atoms with Crippen LogP contribution in [-0.4, -0.2) is 46.8 Å². The number of aliphatic hydroxyl groups is 1.